The summed E-state index contributed by atoms with van der Waals surface area (Å²) in [6, 6.07) is 0. The molecule has 0 bridgehead atoms. The van der Waals surface area contributed by atoms with Crippen LogP contribution in [0.15, 0.2) is 36.0 Å². The van der Waals surface area contributed by atoms with Crippen molar-refractivity contribution in [3.63, 3.8) is 0 Å². The van der Waals surface area contributed by atoms with Gasteiger partial charge in [-0.05, 0) is 24.5 Å². The molecule has 0 fully saturated rings. The lowest BCUT2D eigenvalue weighted by Gasteiger charge is -2.13. The fourth-order valence-corrected chi connectivity index (χ4v) is 1.45. The van der Waals surface area contributed by atoms with Gasteiger partial charge in [0.2, 0.25) is 0 Å². The maximum absolute atomic E-state index is 11.1. The summed E-state index contributed by atoms with van der Waals surface area (Å²) in [4.78, 5) is 11.1. The summed E-state index contributed by atoms with van der Waals surface area (Å²) in [6.45, 7) is 5.70. The molecule has 0 heterocycles. The van der Waals surface area contributed by atoms with E-state index < -0.39 is 0 Å². The first-order chi connectivity index (χ1) is 5.77. The number of carbonyl (C=O) groups excluding carboxylic acids is 1. The molecule has 1 heteroatoms. The van der Waals surface area contributed by atoms with Crippen LogP contribution >= 0.6 is 0 Å². The van der Waals surface area contributed by atoms with Gasteiger partial charge in [0, 0.05) is 12.8 Å². The second-order valence-electron chi connectivity index (χ2n) is 2.97. The Bertz CT molecular complexity index is 256. The van der Waals surface area contributed by atoms with E-state index in [1.54, 1.807) is 0 Å². The Morgan fingerprint density at radius 3 is 2.67 bits per heavy atom. The molecule has 0 unspecified atom stereocenters. The highest BCUT2D eigenvalue weighted by Crippen LogP contribution is 2.23. The summed E-state index contributed by atoms with van der Waals surface area (Å²) in [5.41, 5.74) is 2.37. The fraction of sp³-hybridized carbons (Fsp3) is 0.364. The molecular formula is C11H14O. The number of carbonyl (C=O) groups is 1. The number of allylic oxidation sites excluding steroid dienone is 5. The van der Waals surface area contributed by atoms with Gasteiger partial charge in [-0.15, -0.1) is 0 Å². The third-order valence-corrected chi connectivity index (χ3v) is 2.09. The Hall–Kier alpha value is -1.11. The van der Waals surface area contributed by atoms with Crippen molar-refractivity contribution in [2.45, 2.75) is 26.2 Å². The average molecular weight is 162 g/mol. The molecule has 0 saturated heterocycles. The van der Waals surface area contributed by atoms with Crippen LogP contribution in [0.5, 0.6) is 0 Å². The third-order valence-electron chi connectivity index (χ3n) is 2.09. The Balaban J connectivity index is 2.91. The zero-order valence-corrected chi connectivity index (χ0v) is 7.47. The van der Waals surface area contributed by atoms with E-state index in [4.69, 9.17) is 0 Å². The van der Waals surface area contributed by atoms with Crippen molar-refractivity contribution in [1.82, 2.24) is 0 Å². The Kier molecular flexibility index (Phi) is 3.03. The molecule has 0 spiro atoms. The van der Waals surface area contributed by atoms with E-state index >= 15 is 0 Å². The molecule has 0 saturated carbocycles. The number of rotatable bonds is 2. The van der Waals surface area contributed by atoms with Crippen molar-refractivity contribution >= 4 is 5.78 Å². The zero-order valence-electron chi connectivity index (χ0n) is 7.47. The Morgan fingerprint density at radius 2 is 2.08 bits per heavy atom. The molecular weight excluding hydrogens is 148 g/mol. The van der Waals surface area contributed by atoms with Crippen LogP contribution < -0.4 is 0 Å². The van der Waals surface area contributed by atoms with Crippen LogP contribution in [0.2, 0.25) is 0 Å². The molecule has 0 atom stereocenters. The van der Waals surface area contributed by atoms with Crippen molar-refractivity contribution in [3.05, 3.63) is 36.0 Å². The molecule has 0 aromatic carbocycles. The van der Waals surface area contributed by atoms with Gasteiger partial charge < -0.3 is 0 Å². The third kappa shape index (κ3) is 1.94. The van der Waals surface area contributed by atoms with Crippen LogP contribution in [0.25, 0.3) is 0 Å². The SMILES string of the molecule is C=CC1=C(/C=C\C)CC(=O)CC1. The average Bonchev–Trinajstić information content (AvgIpc) is 2.05. The van der Waals surface area contributed by atoms with Crippen LogP contribution in [-0.4, -0.2) is 5.78 Å². The smallest absolute Gasteiger partial charge is 0.137 e. The summed E-state index contributed by atoms with van der Waals surface area (Å²) in [5.74, 6) is 0.341. The van der Waals surface area contributed by atoms with E-state index in [0.717, 1.165) is 12.0 Å². The molecule has 1 aliphatic rings. The largest absolute Gasteiger partial charge is 0.299 e. The number of hydrogen-bond donors (Lipinski definition) is 0. The quantitative estimate of drug-likeness (QED) is 0.610. The molecule has 1 nitrogen and oxygen atoms in total. The number of Topliss-reactive ketones (excluding diaryl/α,β-unsaturated/α-hetero) is 1. The van der Waals surface area contributed by atoms with Crippen LogP contribution in [0.3, 0.4) is 0 Å². The van der Waals surface area contributed by atoms with E-state index in [-0.39, 0.29) is 0 Å². The maximum atomic E-state index is 11.1. The Morgan fingerprint density at radius 1 is 1.33 bits per heavy atom. The summed E-state index contributed by atoms with van der Waals surface area (Å²) in [6.07, 6.45) is 7.98. The molecule has 12 heavy (non-hydrogen) atoms. The van der Waals surface area contributed by atoms with E-state index in [9.17, 15) is 4.79 Å². The Labute approximate surface area is 73.5 Å². The standard InChI is InChI=1S/C11H14O/c1-3-5-10-8-11(12)7-6-9(10)4-2/h3-5H,2,6-8H2,1H3/b5-3-. The second kappa shape index (κ2) is 4.05. The van der Waals surface area contributed by atoms with Gasteiger partial charge >= 0.3 is 0 Å². The van der Waals surface area contributed by atoms with Gasteiger partial charge in [-0.3, -0.25) is 4.79 Å². The monoisotopic (exact) mass is 162 g/mol. The molecule has 1 aliphatic carbocycles. The highest BCUT2D eigenvalue weighted by atomic mass is 16.1. The van der Waals surface area contributed by atoms with E-state index in [2.05, 4.69) is 6.58 Å². The zero-order chi connectivity index (χ0) is 8.97. The van der Waals surface area contributed by atoms with Gasteiger partial charge in [-0.2, -0.15) is 0 Å². The van der Waals surface area contributed by atoms with Crippen LogP contribution in [0.4, 0.5) is 0 Å². The molecule has 64 valence electrons. The highest BCUT2D eigenvalue weighted by Gasteiger charge is 2.13. The van der Waals surface area contributed by atoms with Crippen molar-refractivity contribution in [2.24, 2.45) is 0 Å². The van der Waals surface area contributed by atoms with Gasteiger partial charge in [-0.1, -0.05) is 24.8 Å². The molecule has 0 aromatic heterocycles. The van der Waals surface area contributed by atoms with Crippen molar-refractivity contribution in [1.29, 1.82) is 0 Å². The van der Waals surface area contributed by atoms with Crippen LogP contribution in [0, 0.1) is 0 Å². The molecule has 0 aromatic rings. The summed E-state index contributed by atoms with van der Waals surface area (Å²) < 4.78 is 0. The van der Waals surface area contributed by atoms with Gasteiger partial charge in [0.25, 0.3) is 0 Å². The molecule has 0 N–H and O–H groups in total. The maximum Gasteiger partial charge on any atom is 0.137 e. The minimum absolute atomic E-state index is 0.341. The van der Waals surface area contributed by atoms with Crippen molar-refractivity contribution < 1.29 is 4.79 Å². The first-order valence-electron chi connectivity index (χ1n) is 4.26. The molecule has 0 amide bonds. The second-order valence-corrected chi connectivity index (χ2v) is 2.97. The predicted molar refractivity (Wildman–Crippen MR) is 50.9 cm³/mol. The minimum atomic E-state index is 0.341. The van der Waals surface area contributed by atoms with Gasteiger partial charge in [-0.25, -0.2) is 0 Å². The van der Waals surface area contributed by atoms with Crippen LogP contribution in [-0.2, 0) is 4.79 Å². The topological polar surface area (TPSA) is 17.1 Å². The summed E-state index contributed by atoms with van der Waals surface area (Å²) in [5, 5.41) is 0. The van der Waals surface area contributed by atoms with Crippen LogP contribution in [0.1, 0.15) is 26.2 Å². The van der Waals surface area contributed by atoms with Gasteiger partial charge in [0.15, 0.2) is 0 Å². The fourth-order valence-electron chi connectivity index (χ4n) is 1.45. The van der Waals surface area contributed by atoms with E-state index in [1.165, 1.54) is 5.57 Å². The minimum Gasteiger partial charge on any atom is -0.299 e. The summed E-state index contributed by atoms with van der Waals surface area (Å²) >= 11 is 0. The molecule has 0 radical (unpaired) electrons. The lowest BCUT2D eigenvalue weighted by molar-refractivity contribution is -0.118. The van der Waals surface area contributed by atoms with Gasteiger partial charge in [0.05, 0.1) is 0 Å². The van der Waals surface area contributed by atoms with Gasteiger partial charge in [0.1, 0.15) is 5.78 Å². The first-order valence-corrected chi connectivity index (χ1v) is 4.26. The number of ketones is 1. The lowest BCUT2D eigenvalue weighted by Crippen LogP contribution is -2.07. The predicted octanol–water partition coefficient (Wildman–Crippen LogP) is 2.80. The number of hydrogen-bond acceptors (Lipinski definition) is 1. The first kappa shape index (κ1) is 8.98. The molecule has 0 aliphatic heterocycles. The van der Waals surface area contributed by atoms with E-state index in [0.29, 0.717) is 18.6 Å². The normalized spacial score (nSPS) is 18.9. The van der Waals surface area contributed by atoms with E-state index in [1.807, 2.05) is 25.2 Å². The lowest BCUT2D eigenvalue weighted by atomic mass is 9.90. The van der Waals surface area contributed by atoms with Crippen molar-refractivity contribution in [2.75, 3.05) is 0 Å². The molecule has 1 rings (SSSR count). The summed E-state index contributed by atoms with van der Waals surface area (Å²) in [7, 11) is 0. The highest BCUT2D eigenvalue weighted by molar-refractivity contribution is 5.83. The van der Waals surface area contributed by atoms with Crippen molar-refractivity contribution in [3.8, 4) is 0 Å².